The molecule has 1 aliphatic rings. The van der Waals surface area contributed by atoms with Crippen LogP contribution >= 0.6 is 11.3 Å². The van der Waals surface area contributed by atoms with Crippen molar-refractivity contribution in [3.8, 4) is 5.82 Å². The number of fused-ring (bicyclic) bond motifs is 3. The van der Waals surface area contributed by atoms with Gasteiger partial charge in [0.05, 0.1) is 17.4 Å². The first kappa shape index (κ1) is 18.7. The van der Waals surface area contributed by atoms with E-state index in [1.54, 1.807) is 63.7 Å². The van der Waals surface area contributed by atoms with Gasteiger partial charge in [-0.05, 0) is 49.4 Å². The highest BCUT2D eigenvalue weighted by molar-refractivity contribution is 7.18. The Balaban J connectivity index is 1.34. The maximum absolute atomic E-state index is 13.0. The number of pyridine rings is 1. The molecule has 1 aliphatic carbocycles. The zero-order valence-electron chi connectivity index (χ0n) is 16.2. The SMILES string of the molecule is O=C(CCn1cnc2sc3c(c2c1=O)CCCC3)Nc1cccnc1-n1cccn1. The number of hydrogen-bond donors (Lipinski definition) is 1. The Morgan fingerprint density at radius 1 is 1.17 bits per heavy atom. The van der Waals surface area contributed by atoms with Crippen molar-refractivity contribution in [1.29, 1.82) is 0 Å². The summed E-state index contributed by atoms with van der Waals surface area (Å²) in [6, 6.07) is 5.32. The smallest absolute Gasteiger partial charge is 0.262 e. The van der Waals surface area contributed by atoms with Crippen molar-refractivity contribution in [1.82, 2.24) is 24.3 Å². The highest BCUT2D eigenvalue weighted by Crippen LogP contribution is 2.33. The maximum atomic E-state index is 13.0. The van der Waals surface area contributed by atoms with Gasteiger partial charge in [0.15, 0.2) is 5.82 Å². The molecule has 9 heteroatoms. The van der Waals surface area contributed by atoms with Crippen molar-refractivity contribution in [2.24, 2.45) is 0 Å². The first-order valence-electron chi connectivity index (χ1n) is 9.95. The van der Waals surface area contributed by atoms with Gasteiger partial charge in [-0.3, -0.25) is 14.2 Å². The van der Waals surface area contributed by atoms with Gasteiger partial charge in [-0.15, -0.1) is 11.3 Å². The number of carbonyl (C=O) groups is 1. The Kier molecular flexibility index (Phi) is 4.88. The Hall–Kier alpha value is -3.33. The van der Waals surface area contributed by atoms with E-state index in [2.05, 4.69) is 20.4 Å². The van der Waals surface area contributed by atoms with Crippen LogP contribution in [0, 0.1) is 0 Å². The van der Waals surface area contributed by atoms with Crippen LogP contribution in [0.25, 0.3) is 16.0 Å². The van der Waals surface area contributed by atoms with E-state index in [9.17, 15) is 9.59 Å². The molecule has 30 heavy (non-hydrogen) atoms. The van der Waals surface area contributed by atoms with Crippen molar-refractivity contribution in [2.45, 2.75) is 38.6 Å². The Labute approximate surface area is 176 Å². The Bertz CT molecular complexity index is 1270. The summed E-state index contributed by atoms with van der Waals surface area (Å²) in [4.78, 5) is 36.5. The molecule has 4 aromatic rings. The van der Waals surface area contributed by atoms with Gasteiger partial charge in [0, 0.05) is 36.4 Å². The average Bonchev–Trinajstić information content (AvgIpc) is 3.42. The number of nitrogens with zero attached hydrogens (tertiary/aromatic N) is 5. The molecule has 5 rings (SSSR count). The summed E-state index contributed by atoms with van der Waals surface area (Å²) in [5.74, 6) is 0.344. The van der Waals surface area contributed by atoms with Gasteiger partial charge in [-0.1, -0.05) is 0 Å². The second kappa shape index (κ2) is 7.83. The maximum Gasteiger partial charge on any atom is 0.262 e. The van der Waals surface area contributed by atoms with Gasteiger partial charge >= 0.3 is 0 Å². The number of amides is 1. The van der Waals surface area contributed by atoms with Crippen LogP contribution in [0.2, 0.25) is 0 Å². The lowest BCUT2D eigenvalue weighted by Gasteiger charge is -2.11. The molecular formula is C21H20N6O2S. The van der Waals surface area contributed by atoms with Crippen molar-refractivity contribution in [2.75, 3.05) is 5.32 Å². The molecule has 0 spiro atoms. The quantitative estimate of drug-likeness (QED) is 0.536. The summed E-state index contributed by atoms with van der Waals surface area (Å²) in [6.07, 6.45) is 11.0. The molecule has 152 valence electrons. The largest absolute Gasteiger partial charge is 0.323 e. The van der Waals surface area contributed by atoms with Crippen LogP contribution < -0.4 is 10.9 Å². The van der Waals surface area contributed by atoms with Gasteiger partial charge in [0.2, 0.25) is 5.91 Å². The highest BCUT2D eigenvalue weighted by Gasteiger charge is 2.20. The fraction of sp³-hybridized carbons (Fsp3) is 0.286. The normalized spacial score (nSPS) is 13.3. The first-order valence-corrected chi connectivity index (χ1v) is 10.8. The third kappa shape index (κ3) is 3.41. The lowest BCUT2D eigenvalue weighted by atomic mass is 9.97. The molecule has 4 aromatic heterocycles. The molecule has 1 N–H and O–H groups in total. The number of thiophene rings is 1. The second-order valence-electron chi connectivity index (χ2n) is 7.26. The van der Waals surface area contributed by atoms with E-state index in [4.69, 9.17) is 0 Å². The van der Waals surface area contributed by atoms with E-state index in [1.807, 2.05) is 0 Å². The van der Waals surface area contributed by atoms with Crippen molar-refractivity contribution < 1.29 is 4.79 Å². The summed E-state index contributed by atoms with van der Waals surface area (Å²) in [5.41, 5.74) is 1.68. The summed E-state index contributed by atoms with van der Waals surface area (Å²) in [6.45, 7) is 0.273. The lowest BCUT2D eigenvalue weighted by Crippen LogP contribution is -2.24. The Morgan fingerprint density at radius 2 is 2.07 bits per heavy atom. The molecule has 0 unspecified atom stereocenters. The number of aromatic nitrogens is 5. The number of hydrogen-bond acceptors (Lipinski definition) is 6. The van der Waals surface area contributed by atoms with E-state index >= 15 is 0 Å². The summed E-state index contributed by atoms with van der Waals surface area (Å²) >= 11 is 1.63. The van der Waals surface area contributed by atoms with Gasteiger partial charge in [-0.2, -0.15) is 5.10 Å². The van der Waals surface area contributed by atoms with Gasteiger partial charge in [0.25, 0.3) is 5.56 Å². The van der Waals surface area contributed by atoms with Crippen molar-refractivity contribution in [3.63, 3.8) is 0 Å². The van der Waals surface area contributed by atoms with Crippen molar-refractivity contribution in [3.05, 3.63) is 63.9 Å². The predicted molar refractivity (Wildman–Crippen MR) is 115 cm³/mol. The molecule has 0 aromatic carbocycles. The highest BCUT2D eigenvalue weighted by atomic mass is 32.1. The first-order chi connectivity index (χ1) is 14.7. The molecule has 0 bridgehead atoms. The van der Waals surface area contributed by atoms with E-state index < -0.39 is 0 Å². The van der Waals surface area contributed by atoms with Gasteiger partial charge < -0.3 is 5.32 Å². The lowest BCUT2D eigenvalue weighted by molar-refractivity contribution is -0.116. The fourth-order valence-electron chi connectivity index (χ4n) is 3.85. The number of carbonyl (C=O) groups excluding carboxylic acids is 1. The topological polar surface area (TPSA) is 94.7 Å². The molecule has 0 radical (unpaired) electrons. The summed E-state index contributed by atoms with van der Waals surface area (Å²) < 4.78 is 3.14. The molecule has 8 nitrogen and oxygen atoms in total. The number of rotatable bonds is 5. The minimum absolute atomic E-state index is 0.0502. The van der Waals surface area contributed by atoms with E-state index in [1.165, 1.54) is 11.3 Å². The fourth-order valence-corrected chi connectivity index (χ4v) is 5.07. The minimum atomic E-state index is -0.198. The standard InChI is InChI=1S/C21H20N6O2S/c28-17(25-15-6-3-9-22-19(15)27-11-4-10-24-27)8-12-26-13-23-20-18(21(26)29)14-5-1-2-7-16(14)30-20/h3-4,6,9-11,13H,1-2,5,7-8,12H2,(H,25,28). The number of aryl methyl sites for hydroxylation is 3. The van der Waals surface area contributed by atoms with Crippen LogP contribution in [0.15, 0.2) is 47.9 Å². The van der Waals surface area contributed by atoms with Crippen LogP contribution in [-0.4, -0.2) is 30.2 Å². The van der Waals surface area contributed by atoms with Crippen LogP contribution in [0.4, 0.5) is 5.69 Å². The zero-order chi connectivity index (χ0) is 20.5. The summed E-state index contributed by atoms with van der Waals surface area (Å²) in [7, 11) is 0. The van der Waals surface area contributed by atoms with E-state index in [0.717, 1.165) is 35.0 Å². The third-order valence-corrected chi connectivity index (χ3v) is 6.50. The van der Waals surface area contributed by atoms with Gasteiger partial charge in [-0.25, -0.2) is 14.6 Å². The molecule has 0 atom stereocenters. The molecule has 1 amide bonds. The van der Waals surface area contributed by atoms with E-state index in [-0.39, 0.29) is 24.4 Å². The van der Waals surface area contributed by atoms with Crippen LogP contribution in [0.3, 0.4) is 0 Å². The number of nitrogens with one attached hydrogen (secondary N) is 1. The zero-order valence-corrected chi connectivity index (χ0v) is 17.1. The predicted octanol–water partition coefficient (Wildman–Crippen LogP) is 2.95. The molecular weight excluding hydrogens is 400 g/mol. The molecule has 0 saturated heterocycles. The van der Waals surface area contributed by atoms with Crippen LogP contribution in [0.5, 0.6) is 0 Å². The molecule has 0 saturated carbocycles. The molecule has 0 aliphatic heterocycles. The van der Waals surface area contributed by atoms with E-state index in [0.29, 0.717) is 11.5 Å². The third-order valence-electron chi connectivity index (χ3n) is 5.30. The monoisotopic (exact) mass is 420 g/mol. The average molecular weight is 420 g/mol. The second-order valence-corrected chi connectivity index (χ2v) is 8.34. The number of anilines is 1. The Morgan fingerprint density at radius 3 is 2.93 bits per heavy atom. The minimum Gasteiger partial charge on any atom is -0.323 e. The van der Waals surface area contributed by atoms with Gasteiger partial charge in [0.1, 0.15) is 4.83 Å². The molecule has 0 fully saturated rings. The van der Waals surface area contributed by atoms with Crippen molar-refractivity contribution >= 4 is 33.1 Å². The molecule has 4 heterocycles. The van der Waals surface area contributed by atoms with Crippen LogP contribution in [0.1, 0.15) is 29.7 Å². The summed E-state index contributed by atoms with van der Waals surface area (Å²) in [5, 5.41) is 7.78. The van der Waals surface area contributed by atoms with Crippen LogP contribution in [-0.2, 0) is 24.2 Å².